The van der Waals surface area contributed by atoms with Crippen LogP contribution in [-0.2, 0) is 23.8 Å². The standard InChI is InChI=1S/C8H8N2O5/c9-5-13-3-4-14-8(12)7(1-2-11)15-6-10/h2,7H,1,3-4H2. The molecule has 7 heteroatoms. The fourth-order valence-electron chi connectivity index (χ4n) is 0.666. The Bertz CT molecular complexity index is 290. The zero-order valence-electron chi connectivity index (χ0n) is 7.71. The molecular weight excluding hydrogens is 204 g/mol. The summed E-state index contributed by atoms with van der Waals surface area (Å²) in [6.07, 6.45) is 1.64. The van der Waals surface area contributed by atoms with Gasteiger partial charge in [-0.25, -0.2) is 4.79 Å². The summed E-state index contributed by atoms with van der Waals surface area (Å²) < 4.78 is 13.1. The maximum absolute atomic E-state index is 11.1. The van der Waals surface area contributed by atoms with E-state index in [0.29, 0.717) is 6.29 Å². The predicted octanol–water partition coefficient (Wildman–Crippen LogP) is -0.517. The second-order valence-electron chi connectivity index (χ2n) is 2.21. The molecule has 1 atom stereocenters. The van der Waals surface area contributed by atoms with Gasteiger partial charge in [-0.2, -0.15) is 10.5 Å². The molecule has 0 aromatic heterocycles. The minimum Gasteiger partial charge on any atom is -0.459 e. The van der Waals surface area contributed by atoms with Crippen molar-refractivity contribution in [1.29, 1.82) is 10.5 Å². The van der Waals surface area contributed by atoms with Gasteiger partial charge in [-0.05, 0) is 0 Å². The third kappa shape index (κ3) is 5.88. The van der Waals surface area contributed by atoms with Crippen molar-refractivity contribution in [3.63, 3.8) is 0 Å². The quantitative estimate of drug-likeness (QED) is 0.241. The number of hydrogen-bond donors (Lipinski definition) is 0. The van der Waals surface area contributed by atoms with Gasteiger partial charge in [0.15, 0.2) is 0 Å². The Hall–Kier alpha value is -2.28. The summed E-state index contributed by atoms with van der Waals surface area (Å²) >= 11 is 0. The number of nitrogens with zero attached hydrogens (tertiary/aromatic N) is 2. The average molecular weight is 212 g/mol. The van der Waals surface area contributed by atoms with Crippen LogP contribution < -0.4 is 0 Å². The highest BCUT2D eigenvalue weighted by Crippen LogP contribution is 1.99. The van der Waals surface area contributed by atoms with Gasteiger partial charge >= 0.3 is 5.97 Å². The Morgan fingerprint density at radius 2 is 2.07 bits per heavy atom. The fourth-order valence-corrected chi connectivity index (χ4v) is 0.666. The van der Waals surface area contributed by atoms with E-state index < -0.39 is 12.1 Å². The highest BCUT2D eigenvalue weighted by molar-refractivity contribution is 5.77. The molecule has 0 radical (unpaired) electrons. The van der Waals surface area contributed by atoms with Crippen molar-refractivity contribution in [3.05, 3.63) is 0 Å². The number of nitriles is 2. The Morgan fingerprint density at radius 1 is 1.33 bits per heavy atom. The van der Waals surface area contributed by atoms with E-state index in [2.05, 4.69) is 14.2 Å². The molecule has 0 aliphatic heterocycles. The Morgan fingerprint density at radius 3 is 2.60 bits per heavy atom. The molecule has 0 heterocycles. The van der Waals surface area contributed by atoms with E-state index in [1.54, 1.807) is 0 Å². The van der Waals surface area contributed by atoms with Crippen LogP contribution in [-0.4, -0.2) is 31.6 Å². The van der Waals surface area contributed by atoms with Gasteiger partial charge in [0.1, 0.15) is 19.5 Å². The third-order valence-corrected chi connectivity index (χ3v) is 1.26. The van der Waals surface area contributed by atoms with Crippen molar-refractivity contribution in [1.82, 2.24) is 0 Å². The van der Waals surface area contributed by atoms with Crippen LogP contribution in [0.15, 0.2) is 0 Å². The summed E-state index contributed by atoms with van der Waals surface area (Å²) in [6, 6.07) is 0. The molecule has 1 unspecified atom stereocenters. The molecule has 7 nitrogen and oxygen atoms in total. The van der Waals surface area contributed by atoms with Crippen LogP contribution in [0.1, 0.15) is 6.42 Å². The second kappa shape index (κ2) is 8.32. The van der Waals surface area contributed by atoms with Crippen molar-refractivity contribution in [2.24, 2.45) is 0 Å². The normalized spacial score (nSPS) is 10.3. The maximum atomic E-state index is 11.1. The molecule has 0 saturated carbocycles. The lowest BCUT2D eigenvalue weighted by Crippen LogP contribution is -2.26. The first-order chi connectivity index (χ1) is 7.26. The van der Waals surface area contributed by atoms with Crippen LogP contribution in [0.3, 0.4) is 0 Å². The van der Waals surface area contributed by atoms with E-state index in [1.165, 1.54) is 12.5 Å². The molecule has 0 aliphatic rings. The first-order valence-corrected chi connectivity index (χ1v) is 3.92. The largest absolute Gasteiger partial charge is 0.459 e. The van der Waals surface area contributed by atoms with E-state index in [-0.39, 0.29) is 19.6 Å². The Balaban J connectivity index is 3.88. The number of hydrogen-bond acceptors (Lipinski definition) is 7. The topological polar surface area (TPSA) is 109 Å². The van der Waals surface area contributed by atoms with Crippen LogP contribution in [0.25, 0.3) is 0 Å². The second-order valence-corrected chi connectivity index (χ2v) is 2.21. The SMILES string of the molecule is N#COCCOC(=O)C(CC=O)OC#N. The number of carbonyl (C=O) groups is 2. The molecular formula is C8H8N2O5. The summed E-state index contributed by atoms with van der Waals surface area (Å²) in [7, 11) is 0. The molecule has 0 spiro atoms. The van der Waals surface area contributed by atoms with Crippen molar-refractivity contribution in [3.8, 4) is 12.5 Å². The Labute approximate surface area is 85.7 Å². The number of rotatable bonds is 7. The van der Waals surface area contributed by atoms with Crippen LogP contribution in [0.4, 0.5) is 0 Å². The minimum absolute atomic E-state index is 0.0808. The smallest absolute Gasteiger partial charge is 0.349 e. The zero-order valence-corrected chi connectivity index (χ0v) is 7.71. The molecule has 15 heavy (non-hydrogen) atoms. The van der Waals surface area contributed by atoms with Crippen molar-refractivity contribution < 1.29 is 23.8 Å². The minimum atomic E-state index is -1.23. The lowest BCUT2D eigenvalue weighted by Gasteiger charge is -2.09. The monoisotopic (exact) mass is 212 g/mol. The number of esters is 1. The number of ether oxygens (including phenoxy) is 3. The maximum Gasteiger partial charge on any atom is 0.349 e. The van der Waals surface area contributed by atoms with Crippen LogP contribution in [0.5, 0.6) is 0 Å². The highest BCUT2D eigenvalue weighted by Gasteiger charge is 2.21. The van der Waals surface area contributed by atoms with Gasteiger partial charge in [-0.15, -0.1) is 0 Å². The van der Waals surface area contributed by atoms with Crippen LogP contribution in [0, 0.1) is 23.0 Å². The van der Waals surface area contributed by atoms with E-state index in [1.807, 2.05) is 0 Å². The highest BCUT2D eigenvalue weighted by atomic mass is 16.6. The zero-order chi connectivity index (χ0) is 11.5. The molecule has 0 aromatic carbocycles. The number of aldehydes is 1. The van der Waals surface area contributed by atoms with Gasteiger partial charge in [0.2, 0.25) is 6.10 Å². The van der Waals surface area contributed by atoms with Crippen molar-refractivity contribution in [2.45, 2.75) is 12.5 Å². The number of carbonyl (C=O) groups excluding carboxylic acids is 2. The van der Waals surface area contributed by atoms with Crippen LogP contribution >= 0.6 is 0 Å². The molecule has 80 valence electrons. The van der Waals surface area contributed by atoms with Gasteiger partial charge in [0.05, 0.1) is 6.42 Å². The molecule has 0 saturated heterocycles. The summed E-state index contributed by atoms with van der Waals surface area (Å²) in [4.78, 5) is 21.2. The van der Waals surface area contributed by atoms with Gasteiger partial charge < -0.3 is 19.0 Å². The van der Waals surface area contributed by atoms with Crippen molar-refractivity contribution in [2.75, 3.05) is 13.2 Å². The fraction of sp³-hybridized carbons (Fsp3) is 0.500. The van der Waals surface area contributed by atoms with Gasteiger partial charge in [0.25, 0.3) is 12.5 Å². The van der Waals surface area contributed by atoms with E-state index in [4.69, 9.17) is 10.5 Å². The van der Waals surface area contributed by atoms with E-state index in [9.17, 15) is 9.59 Å². The summed E-state index contributed by atoms with van der Waals surface area (Å²) in [5.74, 6) is -0.842. The first kappa shape index (κ1) is 12.7. The Kier molecular flexibility index (Phi) is 7.06. The molecule has 0 N–H and O–H groups in total. The van der Waals surface area contributed by atoms with Gasteiger partial charge in [0, 0.05) is 0 Å². The summed E-state index contributed by atoms with van der Waals surface area (Å²) in [6.45, 7) is -0.223. The van der Waals surface area contributed by atoms with Gasteiger partial charge in [-0.1, -0.05) is 0 Å². The molecule has 0 bridgehead atoms. The molecule has 0 rings (SSSR count). The molecule has 0 aliphatic carbocycles. The summed E-state index contributed by atoms with van der Waals surface area (Å²) in [5.41, 5.74) is 0. The molecule has 0 fully saturated rings. The van der Waals surface area contributed by atoms with E-state index in [0.717, 1.165) is 0 Å². The predicted molar refractivity (Wildman–Crippen MR) is 43.7 cm³/mol. The lowest BCUT2D eigenvalue weighted by atomic mass is 10.3. The van der Waals surface area contributed by atoms with Crippen molar-refractivity contribution >= 4 is 12.3 Å². The average Bonchev–Trinajstić information content (AvgIpc) is 2.24. The van der Waals surface area contributed by atoms with E-state index >= 15 is 0 Å². The lowest BCUT2D eigenvalue weighted by molar-refractivity contribution is -0.155. The third-order valence-electron chi connectivity index (χ3n) is 1.26. The van der Waals surface area contributed by atoms with Gasteiger partial charge in [-0.3, -0.25) is 0 Å². The molecule has 0 aromatic rings. The molecule has 0 amide bonds. The first-order valence-electron chi connectivity index (χ1n) is 3.92. The van der Waals surface area contributed by atoms with Crippen LogP contribution in [0.2, 0.25) is 0 Å². The summed E-state index contributed by atoms with van der Waals surface area (Å²) in [5, 5.41) is 16.1.